The Bertz CT molecular complexity index is 833. The Kier molecular flexibility index (Phi) is 5.64. The average molecular weight is 354 g/mol. The molecule has 1 heterocycles. The van der Waals surface area contributed by atoms with Gasteiger partial charge in [0.15, 0.2) is 0 Å². The Morgan fingerprint density at radius 1 is 1.12 bits per heavy atom. The van der Waals surface area contributed by atoms with Gasteiger partial charge in [-0.15, -0.1) is 11.3 Å². The number of anilines is 1. The molecule has 0 aliphatic carbocycles. The number of rotatable bonds is 7. The van der Waals surface area contributed by atoms with Gasteiger partial charge in [-0.1, -0.05) is 30.3 Å². The smallest absolute Gasteiger partial charge is 0.230 e. The first kappa shape index (κ1) is 17.0. The van der Waals surface area contributed by atoms with Crippen molar-refractivity contribution in [1.29, 1.82) is 0 Å². The molecular formula is C19H18N2O3S. The molecule has 25 heavy (non-hydrogen) atoms. The number of carbonyl (C=O) groups is 1. The molecule has 6 heteroatoms. The Morgan fingerprint density at radius 3 is 2.68 bits per heavy atom. The summed E-state index contributed by atoms with van der Waals surface area (Å²) in [5.74, 6) is 1.30. The van der Waals surface area contributed by atoms with Crippen molar-refractivity contribution in [3.05, 3.63) is 70.7 Å². The predicted octanol–water partition coefficient (Wildman–Crippen LogP) is 3.91. The van der Waals surface area contributed by atoms with Crippen LogP contribution in [0, 0.1) is 0 Å². The minimum atomic E-state index is -0.134. The van der Waals surface area contributed by atoms with E-state index < -0.39 is 0 Å². The fraction of sp³-hybridized carbons (Fsp3) is 0.158. The van der Waals surface area contributed by atoms with E-state index in [-0.39, 0.29) is 12.3 Å². The van der Waals surface area contributed by atoms with Crippen molar-refractivity contribution in [3.8, 4) is 11.5 Å². The Labute approximate surface area is 150 Å². The highest BCUT2D eigenvalue weighted by Gasteiger charge is 2.10. The van der Waals surface area contributed by atoms with Gasteiger partial charge in [0.1, 0.15) is 23.1 Å². The first-order valence-corrected chi connectivity index (χ1v) is 8.66. The fourth-order valence-electron chi connectivity index (χ4n) is 2.27. The topological polar surface area (TPSA) is 60.5 Å². The minimum absolute atomic E-state index is 0.134. The van der Waals surface area contributed by atoms with Crippen molar-refractivity contribution in [3.63, 3.8) is 0 Å². The second-order valence-corrected chi connectivity index (χ2v) is 6.20. The fourth-order valence-corrected chi connectivity index (χ4v) is 2.97. The molecule has 3 aromatic rings. The minimum Gasteiger partial charge on any atom is -0.495 e. The predicted molar refractivity (Wildman–Crippen MR) is 98.2 cm³/mol. The second-order valence-electron chi connectivity index (χ2n) is 5.26. The Morgan fingerprint density at radius 2 is 1.88 bits per heavy atom. The number of nitrogens with one attached hydrogen (secondary N) is 1. The number of hydrogen-bond donors (Lipinski definition) is 1. The van der Waals surface area contributed by atoms with Crippen LogP contribution < -0.4 is 14.8 Å². The number of amides is 1. The van der Waals surface area contributed by atoms with E-state index in [0.29, 0.717) is 18.0 Å². The molecule has 0 aliphatic rings. The van der Waals surface area contributed by atoms with Gasteiger partial charge < -0.3 is 14.8 Å². The van der Waals surface area contributed by atoms with Crippen molar-refractivity contribution in [2.24, 2.45) is 0 Å². The van der Waals surface area contributed by atoms with Gasteiger partial charge >= 0.3 is 0 Å². The number of carbonyl (C=O) groups excluding carboxylic acids is 1. The van der Waals surface area contributed by atoms with Crippen LogP contribution >= 0.6 is 11.3 Å². The van der Waals surface area contributed by atoms with Gasteiger partial charge in [0, 0.05) is 5.38 Å². The van der Waals surface area contributed by atoms with E-state index in [1.807, 2.05) is 47.8 Å². The van der Waals surface area contributed by atoms with Crippen LogP contribution in [0.5, 0.6) is 11.5 Å². The molecule has 2 aromatic carbocycles. The van der Waals surface area contributed by atoms with Gasteiger partial charge in [0.2, 0.25) is 5.91 Å². The molecule has 1 aromatic heterocycles. The van der Waals surface area contributed by atoms with Crippen LogP contribution in [0.4, 0.5) is 5.69 Å². The Balaban J connectivity index is 1.55. The van der Waals surface area contributed by atoms with Crippen LogP contribution in [0.25, 0.3) is 0 Å². The van der Waals surface area contributed by atoms with Crippen molar-refractivity contribution in [2.45, 2.75) is 13.0 Å². The third kappa shape index (κ3) is 4.81. The number of nitrogens with zero attached hydrogens (tertiary/aromatic N) is 1. The molecule has 0 atom stereocenters. The molecule has 3 rings (SSSR count). The van der Waals surface area contributed by atoms with Gasteiger partial charge in [-0.2, -0.15) is 0 Å². The zero-order valence-electron chi connectivity index (χ0n) is 13.8. The maximum absolute atomic E-state index is 12.2. The molecule has 0 saturated carbocycles. The molecule has 5 nitrogen and oxygen atoms in total. The van der Waals surface area contributed by atoms with Crippen molar-refractivity contribution < 1.29 is 14.3 Å². The standard InChI is InChI=1S/C19H18N2O3S/c1-23-17-10-6-5-9-16(17)21-18(22)11-14-13-25-19(20-14)12-24-15-7-3-2-4-8-15/h2-10,13H,11-12H2,1H3,(H,21,22). The molecule has 0 spiro atoms. The molecule has 0 bridgehead atoms. The SMILES string of the molecule is COc1ccccc1NC(=O)Cc1csc(COc2ccccc2)n1. The quantitative estimate of drug-likeness (QED) is 0.699. The number of para-hydroxylation sites is 3. The van der Waals surface area contributed by atoms with E-state index in [0.717, 1.165) is 16.5 Å². The highest BCUT2D eigenvalue weighted by atomic mass is 32.1. The highest BCUT2D eigenvalue weighted by Crippen LogP contribution is 2.23. The number of ether oxygens (including phenoxy) is 2. The van der Waals surface area contributed by atoms with Crippen molar-refractivity contribution in [2.75, 3.05) is 12.4 Å². The van der Waals surface area contributed by atoms with E-state index in [4.69, 9.17) is 9.47 Å². The number of methoxy groups -OCH3 is 1. The number of aromatic nitrogens is 1. The molecule has 0 saturated heterocycles. The van der Waals surface area contributed by atoms with Crippen LogP contribution in [0.3, 0.4) is 0 Å². The summed E-state index contributed by atoms with van der Waals surface area (Å²) in [7, 11) is 1.57. The molecule has 128 valence electrons. The summed E-state index contributed by atoms with van der Waals surface area (Å²) >= 11 is 1.48. The summed E-state index contributed by atoms with van der Waals surface area (Å²) in [4.78, 5) is 16.7. The lowest BCUT2D eigenvalue weighted by Crippen LogP contribution is -2.15. The first-order chi connectivity index (χ1) is 12.2. The third-order valence-electron chi connectivity index (χ3n) is 3.43. The van der Waals surface area contributed by atoms with E-state index >= 15 is 0 Å². The van der Waals surface area contributed by atoms with Crippen LogP contribution in [0.15, 0.2) is 60.0 Å². The van der Waals surface area contributed by atoms with Gasteiger partial charge in [-0.3, -0.25) is 4.79 Å². The first-order valence-electron chi connectivity index (χ1n) is 7.78. The van der Waals surface area contributed by atoms with Gasteiger partial charge in [0.05, 0.1) is 24.9 Å². The van der Waals surface area contributed by atoms with Crippen LogP contribution in [0.2, 0.25) is 0 Å². The number of benzene rings is 2. The van der Waals surface area contributed by atoms with Gasteiger partial charge in [0.25, 0.3) is 0 Å². The lowest BCUT2D eigenvalue weighted by molar-refractivity contribution is -0.115. The highest BCUT2D eigenvalue weighted by molar-refractivity contribution is 7.09. The maximum atomic E-state index is 12.2. The van der Waals surface area contributed by atoms with E-state index in [1.165, 1.54) is 11.3 Å². The summed E-state index contributed by atoms with van der Waals surface area (Å²) in [6.45, 7) is 0.392. The molecule has 0 radical (unpaired) electrons. The monoisotopic (exact) mass is 354 g/mol. The summed E-state index contributed by atoms with van der Waals surface area (Å²) in [5, 5.41) is 5.56. The maximum Gasteiger partial charge on any atom is 0.230 e. The van der Waals surface area contributed by atoms with E-state index in [1.54, 1.807) is 19.2 Å². The van der Waals surface area contributed by atoms with E-state index in [9.17, 15) is 4.79 Å². The summed E-state index contributed by atoms with van der Waals surface area (Å²) < 4.78 is 10.9. The lowest BCUT2D eigenvalue weighted by Gasteiger charge is -2.09. The van der Waals surface area contributed by atoms with Crippen molar-refractivity contribution in [1.82, 2.24) is 4.98 Å². The molecule has 1 N–H and O–H groups in total. The van der Waals surface area contributed by atoms with Crippen molar-refractivity contribution >= 4 is 22.9 Å². The average Bonchev–Trinajstić information content (AvgIpc) is 3.08. The molecular weight excluding hydrogens is 336 g/mol. The summed E-state index contributed by atoms with van der Waals surface area (Å²) in [5.41, 5.74) is 1.38. The molecule has 0 aliphatic heterocycles. The third-order valence-corrected chi connectivity index (χ3v) is 4.30. The second kappa shape index (κ2) is 8.30. The van der Waals surface area contributed by atoms with Gasteiger partial charge in [-0.25, -0.2) is 4.98 Å². The molecule has 1 amide bonds. The lowest BCUT2D eigenvalue weighted by atomic mass is 10.2. The summed E-state index contributed by atoms with van der Waals surface area (Å²) in [6.07, 6.45) is 0.208. The Hall–Kier alpha value is -2.86. The summed E-state index contributed by atoms with van der Waals surface area (Å²) in [6, 6.07) is 16.9. The van der Waals surface area contributed by atoms with E-state index in [2.05, 4.69) is 10.3 Å². The normalized spacial score (nSPS) is 10.3. The zero-order chi connectivity index (χ0) is 17.5. The van der Waals surface area contributed by atoms with Gasteiger partial charge in [-0.05, 0) is 24.3 Å². The van der Waals surface area contributed by atoms with Crippen LogP contribution in [-0.2, 0) is 17.8 Å². The number of thiazole rings is 1. The zero-order valence-corrected chi connectivity index (χ0v) is 14.6. The largest absolute Gasteiger partial charge is 0.495 e. The molecule has 0 fully saturated rings. The van der Waals surface area contributed by atoms with Crippen LogP contribution in [0.1, 0.15) is 10.7 Å². The number of hydrogen-bond acceptors (Lipinski definition) is 5. The molecule has 0 unspecified atom stereocenters. The van der Waals surface area contributed by atoms with Crippen LogP contribution in [-0.4, -0.2) is 18.0 Å².